The Balaban J connectivity index is 2.18. The number of non-ortho nitro benzene ring substituents is 1. The molecule has 1 unspecified atom stereocenters. The van der Waals surface area contributed by atoms with Gasteiger partial charge in [-0.1, -0.05) is 36.4 Å². The molecule has 0 spiro atoms. The summed E-state index contributed by atoms with van der Waals surface area (Å²) in [6.45, 7) is 1.51. The normalized spacial score (nSPS) is 21.5. The Kier molecular flexibility index (Phi) is 6.99. The summed E-state index contributed by atoms with van der Waals surface area (Å²) in [7, 11) is 2.24. The number of hydrogen-bond donors (Lipinski definition) is 0. The number of rotatable bonds is 6. The van der Waals surface area contributed by atoms with E-state index in [-0.39, 0.29) is 29.1 Å². The molecule has 0 fully saturated rings. The van der Waals surface area contributed by atoms with Crippen molar-refractivity contribution in [3.63, 3.8) is 0 Å². The number of carbonyl (C=O) groups excluding carboxylic acids is 3. The van der Waals surface area contributed by atoms with E-state index in [2.05, 4.69) is 6.07 Å². The van der Waals surface area contributed by atoms with Crippen molar-refractivity contribution in [2.75, 3.05) is 20.8 Å². The number of nitriles is 1. The number of fused-ring (bicyclic) bond motifs is 3. The summed E-state index contributed by atoms with van der Waals surface area (Å²) in [6, 6.07) is 13.1. The van der Waals surface area contributed by atoms with Crippen molar-refractivity contribution in [1.29, 1.82) is 5.26 Å². The number of benzene rings is 2. The number of methoxy groups -OCH3 is 2. The molecule has 4 rings (SSSR count). The van der Waals surface area contributed by atoms with Gasteiger partial charge in [-0.05, 0) is 29.7 Å². The molecule has 0 saturated heterocycles. The zero-order valence-corrected chi connectivity index (χ0v) is 20.7. The van der Waals surface area contributed by atoms with E-state index < -0.39 is 40.2 Å². The largest absolute Gasteiger partial charge is 0.466 e. The van der Waals surface area contributed by atoms with Gasteiger partial charge in [0.25, 0.3) is 5.69 Å². The smallest absolute Gasteiger partial charge is 0.355 e. The summed E-state index contributed by atoms with van der Waals surface area (Å²) in [6.07, 6.45) is 3.18. The van der Waals surface area contributed by atoms with Crippen LogP contribution < -0.4 is 0 Å². The van der Waals surface area contributed by atoms with Crippen molar-refractivity contribution in [3.05, 3.63) is 92.8 Å². The van der Waals surface area contributed by atoms with Crippen LogP contribution in [0, 0.1) is 26.9 Å². The third-order valence-electron chi connectivity index (χ3n) is 6.69. The van der Waals surface area contributed by atoms with Gasteiger partial charge in [-0.3, -0.25) is 14.9 Å². The fraction of sp³-hybridized carbons (Fsp3) is 0.259. The average molecular weight is 517 g/mol. The SMILES string of the molecule is CCOC(=O)C1(C#N)[C@H](c2ccc([N+](=O)[O-])cc2)C(C(=O)OC)=C(C(=O)OC)N2C=Cc3ccccc3[C@@H]21. The second kappa shape index (κ2) is 10.2. The summed E-state index contributed by atoms with van der Waals surface area (Å²) < 4.78 is 15.5. The minimum Gasteiger partial charge on any atom is -0.466 e. The van der Waals surface area contributed by atoms with E-state index in [1.807, 2.05) is 0 Å². The number of nitro benzene ring substituents is 1. The van der Waals surface area contributed by atoms with E-state index in [1.54, 1.807) is 37.3 Å². The van der Waals surface area contributed by atoms with Gasteiger partial charge in [0.05, 0.1) is 49.4 Å². The van der Waals surface area contributed by atoms with Gasteiger partial charge >= 0.3 is 17.9 Å². The highest BCUT2D eigenvalue weighted by Crippen LogP contribution is 2.59. The molecule has 0 saturated carbocycles. The molecule has 0 aliphatic carbocycles. The van der Waals surface area contributed by atoms with Gasteiger partial charge in [0.2, 0.25) is 0 Å². The summed E-state index contributed by atoms with van der Waals surface area (Å²) in [5, 5.41) is 22.1. The lowest BCUT2D eigenvalue weighted by Gasteiger charge is -2.50. The first-order chi connectivity index (χ1) is 18.3. The molecular formula is C27H23N3O8. The van der Waals surface area contributed by atoms with Crippen LogP contribution in [-0.2, 0) is 28.6 Å². The Labute approximate surface area is 217 Å². The molecule has 0 amide bonds. The summed E-state index contributed by atoms with van der Waals surface area (Å²) in [5.74, 6) is -4.24. The number of carbonyl (C=O) groups is 3. The lowest BCUT2D eigenvalue weighted by atomic mass is 9.59. The molecule has 2 aromatic carbocycles. The Hall–Kier alpha value is -4.98. The van der Waals surface area contributed by atoms with Gasteiger partial charge in [0, 0.05) is 18.3 Å². The highest BCUT2D eigenvalue weighted by Gasteiger charge is 2.64. The minimum absolute atomic E-state index is 0.0689. The zero-order chi connectivity index (χ0) is 27.6. The van der Waals surface area contributed by atoms with Crippen LogP contribution >= 0.6 is 0 Å². The molecule has 0 radical (unpaired) electrons. The van der Waals surface area contributed by atoms with Crippen molar-refractivity contribution < 1.29 is 33.5 Å². The second-order valence-corrected chi connectivity index (χ2v) is 8.48. The molecule has 11 heteroatoms. The van der Waals surface area contributed by atoms with Crippen LogP contribution in [-0.4, -0.2) is 48.6 Å². The Morgan fingerprint density at radius 2 is 1.74 bits per heavy atom. The predicted molar refractivity (Wildman–Crippen MR) is 132 cm³/mol. The van der Waals surface area contributed by atoms with Crippen LogP contribution in [0.1, 0.15) is 35.6 Å². The molecular weight excluding hydrogens is 494 g/mol. The van der Waals surface area contributed by atoms with E-state index in [4.69, 9.17) is 14.2 Å². The summed E-state index contributed by atoms with van der Waals surface area (Å²) in [5.41, 5.74) is -1.51. The van der Waals surface area contributed by atoms with Crippen LogP contribution in [0.3, 0.4) is 0 Å². The van der Waals surface area contributed by atoms with Gasteiger partial charge in [-0.2, -0.15) is 5.26 Å². The van der Waals surface area contributed by atoms with Crippen molar-refractivity contribution in [2.24, 2.45) is 5.41 Å². The number of esters is 3. The van der Waals surface area contributed by atoms with Crippen LogP contribution in [0.25, 0.3) is 6.08 Å². The molecule has 0 bridgehead atoms. The van der Waals surface area contributed by atoms with Gasteiger partial charge in [-0.15, -0.1) is 0 Å². The fourth-order valence-corrected chi connectivity index (χ4v) is 5.14. The highest BCUT2D eigenvalue weighted by atomic mass is 16.6. The average Bonchev–Trinajstić information content (AvgIpc) is 2.94. The third-order valence-corrected chi connectivity index (χ3v) is 6.69. The van der Waals surface area contributed by atoms with Gasteiger partial charge in [-0.25, -0.2) is 9.59 Å². The van der Waals surface area contributed by atoms with E-state index in [9.17, 15) is 29.8 Å². The maximum Gasteiger partial charge on any atom is 0.355 e. The molecule has 3 atom stereocenters. The summed E-state index contributed by atoms with van der Waals surface area (Å²) in [4.78, 5) is 52.5. The molecule has 194 valence electrons. The zero-order valence-electron chi connectivity index (χ0n) is 20.7. The van der Waals surface area contributed by atoms with E-state index in [1.165, 1.54) is 35.4 Å². The lowest BCUT2D eigenvalue weighted by molar-refractivity contribution is -0.384. The molecule has 0 aromatic heterocycles. The van der Waals surface area contributed by atoms with Crippen molar-refractivity contribution in [1.82, 2.24) is 4.90 Å². The lowest BCUT2D eigenvalue weighted by Crippen LogP contribution is -2.55. The fourth-order valence-electron chi connectivity index (χ4n) is 5.14. The molecule has 11 nitrogen and oxygen atoms in total. The number of ether oxygens (including phenoxy) is 3. The maximum absolute atomic E-state index is 13.9. The van der Waals surface area contributed by atoms with Gasteiger partial charge < -0.3 is 19.1 Å². The van der Waals surface area contributed by atoms with Crippen LogP contribution in [0.5, 0.6) is 0 Å². The standard InChI is InChI=1S/C27H23N3O8/c1-4-38-26(33)27(15-28)21(17-9-11-18(12-10-17)30(34)35)20(24(31)36-2)22(25(32)37-3)29-14-13-16-7-5-6-8-19(16)23(27)29/h5-14,21,23H,4H2,1-3H3/t21-,23-,27?/m1/s1. The first kappa shape index (κ1) is 26.1. The van der Waals surface area contributed by atoms with Crippen LogP contribution in [0.4, 0.5) is 5.69 Å². The first-order valence-corrected chi connectivity index (χ1v) is 11.6. The van der Waals surface area contributed by atoms with Crippen molar-refractivity contribution >= 4 is 29.7 Å². The molecule has 2 aliphatic heterocycles. The highest BCUT2D eigenvalue weighted by molar-refractivity contribution is 6.04. The topological polar surface area (TPSA) is 149 Å². The van der Waals surface area contributed by atoms with E-state index >= 15 is 0 Å². The van der Waals surface area contributed by atoms with E-state index in [0.29, 0.717) is 11.1 Å². The maximum atomic E-state index is 13.9. The number of nitro groups is 1. The van der Waals surface area contributed by atoms with Gasteiger partial charge in [0.1, 0.15) is 5.70 Å². The molecule has 2 heterocycles. The first-order valence-electron chi connectivity index (χ1n) is 11.6. The van der Waals surface area contributed by atoms with Crippen LogP contribution in [0.15, 0.2) is 66.0 Å². The Bertz CT molecular complexity index is 1420. The number of nitrogens with zero attached hydrogens (tertiary/aromatic N) is 3. The molecule has 2 aliphatic rings. The quantitative estimate of drug-likeness (QED) is 0.241. The van der Waals surface area contributed by atoms with Crippen LogP contribution in [0.2, 0.25) is 0 Å². The van der Waals surface area contributed by atoms with Gasteiger partial charge in [0.15, 0.2) is 5.41 Å². The third kappa shape index (κ3) is 3.87. The summed E-state index contributed by atoms with van der Waals surface area (Å²) >= 11 is 0. The van der Waals surface area contributed by atoms with Crippen molar-refractivity contribution in [2.45, 2.75) is 18.9 Å². The molecule has 2 aromatic rings. The molecule has 38 heavy (non-hydrogen) atoms. The Morgan fingerprint density at radius 3 is 2.32 bits per heavy atom. The molecule has 0 N–H and O–H groups in total. The monoisotopic (exact) mass is 517 g/mol. The Morgan fingerprint density at radius 1 is 1.08 bits per heavy atom. The minimum atomic E-state index is -2.13. The number of hydrogen-bond acceptors (Lipinski definition) is 10. The predicted octanol–water partition coefficient (Wildman–Crippen LogP) is 3.39. The van der Waals surface area contributed by atoms with Crippen molar-refractivity contribution in [3.8, 4) is 6.07 Å². The second-order valence-electron chi connectivity index (χ2n) is 8.48. The van der Waals surface area contributed by atoms with E-state index in [0.717, 1.165) is 14.2 Å².